The number of hydrogen-bond donors (Lipinski definition) is 1. The lowest BCUT2D eigenvalue weighted by Crippen LogP contribution is -2.50. The van der Waals surface area contributed by atoms with Gasteiger partial charge in [0.2, 0.25) is 0 Å². The highest BCUT2D eigenvalue weighted by molar-refractivity contribution is 6.35. The van der Waals surface area contributed by atoms with Crippen molar-refractivity contribution in [2.75, 3.05) is 6.61 Å². The van der Waals surface area contributed by atoms with Crippen LogP contribution in [0, 0.1) is 0 Å². The molecule has 1 amide bonds. The quantitative estimate of drug-likeness (QED) is 0.883. The van der Waals surface area contributed by atoms with Crippen LogP contribution in [0.25, 0.3) is 0 Å². The van der Waals surface area contributed by atoms with Gasteiger partial charge in [0.25, 0.3) is 5.91 Å². The molecule has 5 nitrogen and oxygen atoms in total. The monoisotopic (exact) mass is 379 g/mol. The minimum absolute atomic E-state index is 0.240. The molecule has 0 aliphatic carbocycles. The summed E-state index contributed by atoms with van der Waals surface area (Å²) in [6.45, 7) is -0.0585. The first-order valence-electron chi connectivity index (χ1n) is 7.62. The van der Waals surface area contributed by atoms with E-state index in [2.05, 4.69) is 0 Å². The van der Waals surface area contributed by atoms with Crippen molar-refractivity contribution in [3.05, 3.63) is 63.6 Å². The van der Waals surface area contributed by atoms with E-state index in [1.165, 1.54) is 11.0 Å². The largest absolute Gasteiger partial charge is 0.482 e. The minimum Gasteiger partial charge on any atom is -0.482 e. The second-order valence-corrected chi connectivity index (χ2v) is 6.56. The van der Waals surface area contributed by atoms with Crippen molar-refractivity contribution in [2.45, 2.75) is 19.0 Å². The van der Waals surface area contributed by atoms with Gasteiger partial charge in [0, 0.05) is 18.0 Å². The Kier molecular flexibility index (Phi) is 5.16. The Morgan fingerprint density at radius 1 is 1.16 bits per heavy atom. The zero-order valence-corrected chi connectivity index (χ0v) is 14.6. The van der Waals surface area contributed by atoms with E-state index >= 15 is 0 Å². The van der Waals surface area contributed by atoms with Gasteiger partial charge < -0.3 is 14.7 Å². The van der Waals surface area contributed by atoms with Crippen molar-refractivity contribution in [3.8, 4) is 5.75 Å². The molecular weight excluding hydrogens is 365 g/mol. The van der Waals surface area contributed by atoms with Gasteiger partial charge in [-0.15, -0.1) is 0 Å². The van der Waals surface area contributed by atoms with Gasteiger partial charge in [-0.2, -0.15) is 0 Å². The number of rotatable bonds is 4. The predicted molar refractivity (Wildman–Crippen MR) is 94.1 cm³/mol. The Labute approximate surface area is 154 Å². The number of hydrogen-bond acceptors (Lipinski definition) is 3. The van der Waals surface area contributed by atoms with Crippen molar-refractivity contribution >= 4 is 35.1 Å². The Hall–Kier alpha value is -2.24. The maximum atomic E-state index is 12.5. The van der Waals surface area contributed by atoms with E-state index in [1.54, 1.807) is 12.1 Å². The normalized spacial score (nSPS) is 16.2. The van der Waals surface area contributed by atoms with E-state index in [4.69, 9.17) is 27.9 Å². The molecule has 3 rings (SSSR count). The van der Waals surface area contributed by atoms with Crippen LogP contribution in [0.15, 0.2) is 42.5 Å². The van der Waals surface area contributed by atoms with Gasteiger partial charge in [-0.3, -0.25) is 4.79 Å². The number of amides is 1. The van der Waals surface area contributed by atoms with E-state index in [0.717, 1.165) is 11.1 Å². The molecule has 1 aliphatic heterocycles. The van der Waals surface area contributed by atoms with Crippen molar-refractivity contribution < 1.29 is 19.4 Å². The average molecular weight is 380 g/mol. The van der Waals surface area contributed by atoms with Crippen LogP contribution in [0.3, 0.4) is 0 Å². The van der Waals surface area contributed by atoms with E-state index in [-0.39, 0.29) is 19.6 Å². The second kappa shape index (κ2) is 7.33. The Balaban J connectivity index is 1.74. The highest BCUT2D eigenvalue weighted by Gasteiger charge is 2.34. The molecule has 0 bridgehead atoms. The smallest absolute Gasteiger partial charge is 0.326 e. The van der Waals surface area contributed by atoms with Gasteiger partial charge in [0.1, 0.15) is 11.8 Å². The summed E-state index contributed by atoms with van der Waals surface area (Å²) in [6, 6.07) is 11.3. The number of carbonyl (C=O) groups excluding carboxylic acids is 1. The zero-order chi connectivity index (χ0) is 18.0. The Morgan fingerprint density at radius 3 is 2.56 bits per heavy atom. The van der Waals surface area contributed by atoms with Gasteiger partial charge in [0.05, 0.1) is 5.02 Å². The summed E-state index contributed by atoms with van der Waals surface area (Å²) in [7, 11) is 0. The molecule has 7 heteroatoms. The zero-order valence-electron chi connectivity index (χ0n) is 13.1. The van der Waals surface area contributed by atoms with Gasteiger partial charge in [-0.1, -0.05) is 47.5 Å². The molecule has 1 heterocycles. The van der Waals surface area contributed by atoms with E-state index in [0.29, 0.717) is 15.8 Å². The molecule has 25 heavy (non-hydrogen) atoms. The first-order chi connectivity index (χ1) is 12.0. The van der Waals surface area contributed by atoms with E-state index in [9.17, 15) is 14.7 Å². The molecule has 0 spiro atoms. The van der Waals surface area contributed by atoms with Crippen LogP contribution in [-0.4, -0.2) is 34.5 Å². The number of nitrogens with zero attached hydrogens (tertiary/aromatic N) is 1. The molecule has 2 aromatic rings. The second-order valence-electron chi connectivity index (χ2n) is 5.71. The molecule has 1 N–H and O–H groups in total. The van der Waals surface area contributed by atoms with Crippen LogP contribution in [0.5, 0.6) is 5.75 Å². The molecule has 0 radical (unpaired) electrons. The third-order valence-corrected chi connectivity index (χ3v) is 4.63. The maximum Gasteiger partial charge on any atom is 0.326 e. The molecule has 0 aromatic heterocycles. The molecule has 2 aromatic carbocycles. The highest BCUT2D eigenvalue weighted by Crippen LogP contribution is 2.28. The van der Waals surface area contributed by atoms with Gasteiger partial charge in [-0.05, 0) is 29.3 Å². The molecule has 0 fully saturated rings. The number of halogens is 2. The number of carbonyl (C=O) groups is 2. The fourth-order valence-corrected chi connectivity index (χ4v) is 3.28. The van der Waals surface area contributed by atoms with Gasteiger partial charge in [0.15, 0.2) is 6.61 Å². The van der Waals surface area contributed by atoms with Crippen LogP contribution >= 0.6 is 23.2 Å². The highest BCUT2D eigenvalue weighted by atomic mass is 35.5. The van der Waals surface area contributed by atoms with Crippen LogP contribution in [-0.2, 0) is 22.6 Å². The summed E-state index contributed by atoms with van der Waals surface area (Å²) < 4.78 is 5.45. The fraction of sp³-hybridized carbons (Fsp3) is 0.222. The molecule has 130 valence electrons. The summed E-state index contributed by atoms with van der Waals surface area (Å²) in [6.07, 6.45) is 0.277. The molecular formula is C18H15Cl2NO4. The fourth-order valence-electron chi connectivity index (χ4n) is 2.82. The first kappa shape index (κ1) is 17.6. The van der Waals surface area contributed by atoms with Crippen molar-refractivity contribution in [1.82, 2.24) is 4.90 Å². The summed E-state index contributed by atoms with van der Waals surface area (Å²) in [4.78, 5) is 25.4. The van der Waals surface area contributed by atoms with Gasteiger partial charge in [-0.25, -0.2) is 4.79 Å². The van der Waals surface area contributed by atoms with E-state index in [1.807, 2.05) is 24.3 Å². The third kappa shape index (κ3) is 3.89. The number of ether oxygens (including phenoxy) is 1. The van der Waals surface area contributed by atoms with Crippen LogP contribution in [0.1, 0.15) is 11.1 Å². The number of benzene rings is 2. The standard InChI is InChI=1S/C18H15Cl2NO4/c19-13-5-6-16(14(20)8-13)25-10-17(22)21-9-12-4-2-1-3-11(12)7-15(21)18(23)24/h1-6,8,15H,7,9-10H2,(H,23,24)/t15-/m0/s1. The summed E-state index contributed by atoms with van der Waals surface area (Å²) in [5, 5.41) is 10.2. The minimum atomic E-state index is -1.03. The van der Waals surface area contributed by atoms with Crippen molar-refractivity contribution in [3.63, 3.8) is 0 Å². The summed E-state index contributed by atoms with van der Waals surface area (Å²) in [5.41, 5.74) is 1.89. The lowest BCUT2D eigenvalue weighted by atomic mass is 9.94. The molecule has 1 atom stereocenters. The van der Waals surface area contributed by atoms with Crippen molar-refractivity contribution in [2.24, 2.45) is 0 Å². The van der Waals surface area contributed by atoms with E-state index < -0.39 is 17.9 Å². The third-order valence-electron chi connectivity index (χ3n) is 4.10. The number of carboxylic acids is 1. The van der Waals surface area contributed by atoms with Crippen LogP contribution in [0.4, 0.5) is 0 Å². The topological polar surface area (TPSA) is 66.8 Å². The summed E-state index contributed by atoms with van der Waals surface area (Å²) in [5.74, 6) is -1.12. The maximum absolute atomic E-state index is 12.5. The van der Waals surface area contributed by atoms with Crippen LogP contribution < -0.4 is 4.74 Å². The number of carboxylic acid groups (broad SMARTS) is 1. The van der Waals surface area contributed by atoms with Crippen LogP contribution in [0.2, 0.25) is 10.0 Å². The first-order valence-corrected chi connectivity index (χ1v) is 8.38. The molecule has 0 unspecified atom stereocenters. The SMILES string of the molecule is O=C(O)[C@@H]1Cc2ccccc2CN1C(=O)COc1ccc(Cl)cc1Cl. The number of fused-ring (bicyclic) bond motifs is 1. The number of aliphatic carboxylic acids is 1. The Bertz CT molecular complexity index is 824. The molecule has 0 saturated carbocycles. The average Bonchev–Trinajstić information content (AvgIpc) is 2.59. The van der Waals surface area contributed by atoms with Crippen molar-refractivity contribution in [1.29, 1.82) is 0 Å². The van der Waals surface area contributed by atoms with Gasteiger partial charge >= 0.3 is 5.97 Å². The Morgan fingerprint density at radius 2 is 1.88 bits per heavy atom. The predicted octanol–water partition coefficient (Wildman–Crippen LogP) is 3.41. The molecule has 0 saturated heterocycles. The lowest BCUT2D eigenvalue weighted by Gasteiger charge is -2.34. The molecule has 1 aliphatic rings. The lowest BCUT2D eigenvalue weighted by molar-refractivity contribution is -0.152. The summed E-state index contributed by atoms with van der Waals surface area (Å²) >= 11 is 11.8.